The summed E-state index contributed by atoms with van der Waals surface area (Å²) < 4.78 is 18.2. The number of carbonyl (C=O) groups excluding carboxylic acids is 2. The Labute approximate surface area is 199 Å². The molecule has 1 fully saturated rings. The highest BCUT2D eigenvalue weighted by molar-refractivity contribution is 9.10. The topological polar surface area (TPSA) is 77.1 Å². The Morgan fingerprint density at radius 3 is 2.55 bits per heavy atom. The summed E-state index contributed by atoms with van der Waals surface area (Å²) in [6, 6.07) is 14.4. The highest BCUT2D eigenvalue weighted by Crippen LogP contribution is 2.42. The lowest BCUT2D eigenvalue weighted by atomic mass is 9.93. The molecule has 0 atom stereocenters. The van der Waals surface area contributed by atoms with Crippen LogP contribution in [0.25, 0.3) is 10.8 Å². The van der Waals surface area contributed by atoms with E-state index in [9.17, 15) is 9.59 Å². The van der Waals surface area contributed by atoms with Crippen molar-refractivity contribution in [2.75, 3.05) is 27.3 Å². The Hall–Kier alpha value is -3.10. The standard InChI is InChI=1S/C25H23BrN2O5/c1-31-20-5-3-4-15-12-18(22(32-2)14-17(15)20)23(29)28-24(30)19-13-16(26)6-7-21(19)33-25(28)8-10-27-11-9-25/h3-7,12-14,27H,8-11H2,1-2H3. The molecule has 1 N–H and O–H groups in total. The number of hydrogen-bond donors (Lipinski definition) is 1. The summed E-state index contributed by atoms with van der Waals surface area (Å²) in [6.07, 6.45) is 0.980. The van der Waals surface area contributed by atoms with Gasteiger partial charge in [0.2, 0.25) is 0 Å². The summed E-state index contributed by atoms with van der Waals surface area (Å²) in [6.45, 7) is 1.27. The van der Waals surface area contributed by atoms with E-state index in [0.717, 1.165) is 15.2 Å². The monoisotopic (exact) mass is 510 g/mol. The summed E-state index contributed by atoms with van der Waals surface area (Å²) in [4.78, 5) is 29.1. The van der Waals surface area contributed by atoms with E-state index < -0.39 is 11.6 Å². The van der Waals surface area contributed by atoms with Crippen LogP contribution in [0.5, 0.6) is 17.2 Å². The third-order valence-corrected chi connectivity index (χ3v) is 6.77. The maximum absolute atomic E-state index is 14.0. The first kappa shape index (κ1) is 21.7. The molecule has 0 radical (unpaired) electrons. The van der Waals surface area contributed by atoms with Crippen LogP contribution in [0, 0.1) is 0 Å². The number of methoxy groups -OCH3 is 2. The van der Waals surface area contributed by atoms with Crippen molar-refractivity contribution in [2.24, 2.45) is 0 Å². The molecule has 2 aliphatic heterocycles. The van der Waals surface area contributed by atoms with E-state index >= 15 is 0 Å². The molecule has 7 nitrogen and oxygen atoms in total. The first-order valence-corrected chi connectivity index (χ1v) is 11.5. The zero-order valence-electron chi connectivity index (χ0n) is 18.3. The fourth-order valence-electron chi connectivity index (χ4n) is 4.65. The van der Waals surface area contributed by atoms with E-state index in [0.29, 0.717) is 54.3 Å². The molecule has 2 amide bonds. The van der Waals surface area contributed by atoms with Gasteiger partial charge < -0.3 is 19.5 Å². The number of halogens is 1. The second-order valence-corrected chi connectivity index (χ2v) is 9.03. The van der Waals surface area contributed by atoms with Gasteiger partial charge in [-0.1, -0.05) is 28.1 Å². The zero-order chi connectivity index (χ0) is 23.2. The van der Waals surface area contributed by atoms with Crippen LogP contribution in [-0.4, -0.2) is 49.7 Å². The minimum atomic E-state index is -1.06. The minimum Gasteiger partial charge on any atom is -0.496 e. The van der Waals surface area contributed by atoms with E-state index in [-0.39, 0.29) is 5.91 Å². The highest BCUT2D eigenvalue weighted by atomic mass is 79.9. The molecule has 33 heavy (non-hydrogen) atoms. The molecule has 3 aromatic carbocycles. The molecular weight excluding hydrogens is 488 g/mol. The molecule has 1 saturated heterocycles. The number of piperidine rings is 1. The second-order valence-electron chi connectivity index (χ2n) is 8.12. The number of nitrogens with one attached hydrogen (secondary N) is 1. The molecular formula is C25H23BrN2O5. The quantitative estimate of drug-likeness (QED) is 0.527. The summed E-state index contributed by atoms with van der Waals surface area (Å²) >= 11 is 3.42. The van der Waals surface area contributed by atoms with Crippen LogP contribution in [0.15, 0.2) is 53.0 Å². The number of hydrogen-bond acceptors (Lipinski definition) is 6. The van der Waals surface area contributed by atoms with Crippen LogP contribution in [0.4, 0.5) is 0 Å². The number of amides is 2. The highest BCUT2D eigenvalue weighted by Gasteiger charge is 2.51. The Kier molecular flexibility index (Phi) is 5.50. The molecule has 1 spiro atoms. The number of rotatable bonds is 3. The molecule has 0 aliphatic carbocycles. The normalized spacial score (nSPS) is 16.9. The summed E-state index contributed by atoms with van der Waals surface area (Å²) in [5.74, 6) is 0.709. The number of carbonyl (C=O) groups is 2. The van der Waals surface area contributed by atoms with Crippen molar-refractivity contribution in [3.8, 4) is 17.2 Å². The largest absolute Gasteiger partial charge is 0.496 e. The van der Waals surface area contributed by atoms with Crippen molar-refractivity contribution in [2.45, 2.75) is 18.6 Å². The van der Waals surface area contributed by atoms with Crippen molar-refractivity contribution >= 4 is 38.5 Å². The van der Waals surface area contributed by atoms with Crippen molar-refractivity contribution in [1.82, 2.24) is 10.2 Å². The van der Waals surface area contributed by atoms with Crippen LogP contribution >= 0.6 is 15.9 Å². The average Bonchev–Trinajstić information content (AvgIpc) is 2.83. The van der Waals surface area contributed by atoms with Gasteiger partial charge in [-0.05, 0) is 41.8 Å². The molecule has 0 unspecified atom stereocenters. The first-order chi connectivity index (χ1) is 16.0. The van der Waals surface area contributed by atoms with Crippen LogP contribution in [0.2, 0.25) is 0 Å². The smallest absolute Gasteiger partial charge is 0.267 e. The Morgan fingerprint density at radius 1 is 1.06 bits per heavy atom. The van der Waals surface area contributed by atoms with Gasteiger partial charge in [0.05, 0.1) is 25.3 Å². The summed E-state index contributed by atoms with van der Waals surface area (Å²) in [5, 5.41) is 4.92. The van der Waals surface area contributed by atoms with Gasteiger partial charge in [0.1, 0.15) is 17.2 Å². The van der Waals surface area contributed by atoms with Gasteiger partial charge in [0.25, 0.3) is 11.8 Å². The van der Waals surface area contributed by atoms with Crippen molar-refractivity contribution in [3.05, 3.63) is 64.1 Å². The third kappa shape index (κ3) is 3.54. The lowest BCUT2D eigenvalue weighted by Gasteiger charge is -2.48. The Bertz CT molecular complexity index is 1270. The van der Waals surface area contributed by atoms with Crippen molar-refractivity contribution < 1.29 is 23.8 Å². The fraction of sp³-hybridized carbons (Fsp3) is 0.280. The lowest BCUT2D eigenvalue weighted by Crippen LogP contribution is -2.64. The lowest BCUT2D eigenvalue weighted by molar-refractivity contribution is -0.0777. The molecule has 0 bridgehead atoms. The SMILES string of the molecule is COc1cc2c(OC)cccc2cc1C(=O)N1C(=O)c2cc(Br)ccc2OC12CCNCC2. The molecule has 0 aromatic heterocycles. The van der Waals surface area contributed by atoms with E-state index in [2.05, 4.69) is 21.2 Å². The molecule has 170 valence electrons. The molecule has 3 aromatic rings. The van der Waals surface area contributed by atoms with E-state index in [1.165, 1.54) is 12.0 Å². The van der Waals surface area contributed by atoms with Gasteiger partial charge in [-0.2, -0.15) is 0 Å². The maximum Gasteiger partial charge on any atom is 0.267 e. The van der Waals surface area contributed by atoms with Crippen LogP contribution < -0.4 is 19.5 Å². The van der Waals surface area contributed by atoms with Gasteiger partial charge in [-0.15, -0.1) is 0 Å². The maximum atomic E-state index is 14.0. The van der Waals surface area contributed by atoms with Crippen molar-refractivity contribution in [3.63, 3.8) is 0 Å². The van der Waals surface area contributed by atoms with Crippen LogP contribution in [0.3, 0.4) is 0 Å². The summed E-state index contributed by atoms with van der Waals surface area (Å²) in [7, 11) is 3.11. The van der Waals surface area contributed by atoms with Crippen LogP contribution in [-0.2, 0) is 0 Å². The molecule has 5 rings (SSSR count). The number of imide groups is 1. The van der Waals surface area contributed by atoms with E-state index in [1.54, 1.807) is 31.4 Å². The second kappa shape index (κ2) is 8.35. The van der Waals surface area contributed by atoms with E-state index in [4.69, 9.17) is 14.2 Å². The first-order valence-electron chi connectivity index (χ1n) is 10.7. The van der Waals surface area contributed by atoms with E-state index in [1.807, 2.05) is 24.3 Å². The summed E-state index contributed by atoms with van der Waals surface area (Å²) in [5.41, 5.74) is -0.413. The molecule has 2 heterocycles. The minimum absolute atomic E-state index is 0.298. The predicted molar refractivity (Wildman–Crippen MR) is 127 cm³/mol. The average molecular weight is 511 g/mol. The van der Waals surface area contributed by atoms with Gasteiger partial charge >= 0.3 is 0 Å². The third-order valence-electron chi connectivity index (χ3n) is 6.28. The van der Waals surface area contributed by atoms with Gasteiger partial charge in [0, 0.05) is 35.8 Å². The predicted octanol–water partition coefficient (Wildman–Crippen LogP) is 4.37. The molecule has 0 saturated carbocycles. The molecule has 2 aliphatic rings. The Morgan fingerprint density at radius 2 is 1.82 bits per heavy atom. The van der Waals surface area contributed by atoms with Gasteiger partial charge in [-0.25, -0.2) is 4.90 Å². The number of ether oxygens (including phenoxy) is 3. The number of nitrogens with zero attached hydrogens (tertiary/aromatic N) is 1. The number of benzene rings is 3. The van der Waals surface area contributed by atoms with Crippen molar-refractivity contribution in [1.29, 1.82) is 0 Å². The Balaban J connectivity index is 1.67. The van der Waals surface area contributed by atoms with Crippen LogP contribution in [0.1, 0.15) is 33.6 Å². The molecule has 8 heteroatoms. The van der Waals surface area contributed by atoms with Gasteiger partial charge in [-0.3, -0.25) is 9.59 Å². The van der Waals surface area contributed by atoms with Gasteiger partial charge in [0.15, 0.2) is 5.72 Å². The number of fused-ring (bicyclic) bond motifs is 2. The zero-order valence-corrected chi connectivity index (χ0v) is 19.9. The fourth-order valence-corrected chi connectivity index (χ4v) is 5.01.